The molecule has 1 aromatic heterocycles. The molecule has 112 valence electrons. The van der Waals surface area contributed by atoms with Crippen molar-refractivity contribution in [2.75, 3.05) is 5.32 Å². The number of furan rings is 1. The minimum Gasteiger partial charge on any atom is -0.469 e. The lowest BCUT2D eigenvalue weighted by atomic mass is 9.93. The minimum absolute atomic E-state index is 0.142. The van der Waals surface area contributed by atoms with E-state index >= 15 is 0 Å². The van der Waals surface area contributed by atoms with Gasteiger partial charge < -0.3 is 9.73 Å². The van der Waals surface area contributed by atoms with E-state index in [0.29, 0.717) is 5.56 Å². The van der Waals surface area contributed by atoms with Crippen LogP contribution >= 0.6 is 0 Å². The smallest absolute Gasteiger partial charge is 0.238 e. The molecule has 0 fully saturated rings. The number of sulfonamides is 1. The van der Waals surface area contributed by atoms with Crippen molar-refractivity contribution in [3.05, 3.63) is 47.4 Å². The maximum absolute atomic E-state index is 11.6. The Labute approximate surface area is 124 Å². The summed E-state index contributed by atoms with van der Waals surface area (Å²) in [6.45, 7) is 1.73. The van der Waals surface area contributed by atoms with Gasteiger partial charge in [0.25, 0.3) is 0 Å². The predicted octanol–water partition coefficient (Wildman–Crippen LogP) is 2.72. The van der Waals surface area contributed by atoms with Crippen molar-refractivity contribution in [2.45, 2.75) is 37.1 Å². The molecule has 2 aromatic rings. The van der Waals surface area contributed by atoms with Gasteiger partial charge in [0.15, 0.2) is 0 Å². The van der Waals surface area contributed by atoms with Crippen LogP contribution in [0.4, 0.5) is 5.69 Å². The highest BCUT2D eigenvalue weighted by atomic mass is 32.2. The molecule has 0 saturated heterocycles. The minimum atomic E-state index is -3.71. The summed E-state index contributed by atoms with van der Waals surface area (Å²) in [5.74, 6) is 1.01. The van der Waals surface area contributed by atoms with Crippen LogP contribution < -0.4 is 10.5 Å². The molecular weight excluding hydrogens is 288 g/mol. The SMILES string of the molecule is Cc1ccc(NC2CCCc3occc32)cc1S(N)(=O)=O. The van der Waals surface area contributed by atoms with E-state index in [9.17, 15) is 8.42 Å². The van der Waals surface area contributed by atoms with Gasteiger partial charge in [-0.1, -0.05) is 6.07 Å². The van der Waals surface area contributed by atoms with Crippen LogP contribution in [0.2, 0.25) is 0 Å². The molecule has 1 aromatic carbocycles. The third kappa shape index (κ3) is 2.82. The van der Waals surface area contributed by atoms with Crippen LogP contribution in [0.5, 0.6) is 0 Å². The number of rotatable bonds is 3. The summed E-state index contributed by atoms with van der Waals surface area (Å²) in [5.41, 5.74) is 2.55. The highest BCUT2D eigenvalue weighted by Crippen LogP contribution is 2.33. The number of benzene rings is 1. The quantitative estimate of drug-likeness (QED) is 0.913. The van der Waals surface area contributed by atoms with Crippen LogP contribution in [0.25, 0.3) is 0 Å². The molecule has 5 nitrogen and oxygen atoms in total. The molecular formula is C15H18N2O3S. The molecule has 0 radical (unpaired) electrons. The van der Waals surface area contributed by atoms with Gasteiger partial charge in [-0.15, -0.1) is 0 Å². The van der Waals surface area contributed by atoms with Crippen molar-refractivity contribution in [3.8, 4) is 0 Å². The van der Waals surface area contributed by atoms with E-state index in [0.717, 1.165) is 36.3 Å². The lowest BCUT2D eigenvalue weighted by Crippen LogP contribution is -2.17. The summed E-state index contributed by atoms with van der Waals surface area (Å²) in [7, 11) is -3.71. The van der Waals surface area contributed by atoms with Gasteiger partial charge in [-0.05, 0) is 43.5 Å². The van der Waals surface area contributed by atoms with Crippen LogP contribution in [0, 0.1) is 6.92 Å². The molecule has 0 spiro atoms. The monoisotopic (exact) mass is 306 g/mol. The molecule has 1 aliphatic rings. The maximum atomic E-state index is 11.6. The average molecular weight is 306 g/mol. The highest BCUT2D eigenvalue weighted by molar-refractivity contribution is 7.89. The Hall–Kier alpha value is -1.79. The second kappa shape index (κ2) is 5.20. The van der Waals surface area contributed by atoms with Gasteiger partial charge in [0.2, 0.25) is 10.0 Å². The second-order valence-corrected chi connectivity index (χ2v) is 6.94. The molecule has 0 bridgehead atoms. The molecule has 1 aliphatic carbocycles. The Morgan fingerprint density at radius 2 is 2.14 bits per heavy atom. The fourth-order valence-corrected chi connectivity index (χ4v) is 3.64. The van der Waals surface area contributed by atoms with Gasteiger partial charge in [-0.2, -0.15) is 0 Å². The molecule has 1 unspecified atom stereocenters. The summed E-state index contributed by atoms with van der Waals surface area (Å²) >= 11 is 0. The van der Waals surface area contributed by atoms with Crippen molar-refractivity contribution in [1.29, 1.82) is 0 Å². The third-order valence-corrected chi connectivity index (χ3v) is 4.94. The Morgan fingerprint density at radius 1 is 1.33 bits per heavy atom. The largest absolute Gasteiger partial charge is 0.469 e. The fraction of sp³-hybridized carbons (Fsp3) is 0.333. The van der Waals surface area contributed by atoms with Gasteiger partial charge in [0.05, 0.1) is 17.2 Å². The summed E-state index contributed by atoms with van der Waals surface area (Å²) in [6, 6.07) is 7.35. The molecule has 3 rings (SSSR count). The van der Waals surface area contributed by atoms with E-state index in [4.69, 9.17) is 9.56 Å². The number of aryl methyl sites for hydroxylation is 2. The zero-order chi connectivity index (χ0) is 15.0. The topological polar surface area (TPSA) is 85.3 Å². The van der Waals surface area contributed by atoms with Crippen LogP contribution in [-0.2, 0) is 16.4 Å². The second-order valence-electron chi connectivity index (χ2n) is 5.41. The van der Waals surface area contributed by atoms with Crippen LogP contribution in [0.15, 0.2) is 39.8 Å². The number of nitrogens with one attached hydrogen (secondary N) is 1. The van der Waals surface area contributed by atoms with Crippen molar-refractivity contribution in [3.63, 3.8) is 0 Å². The molecule has 21 heavy (non-hydrogen) atoms. The molecule has 0 saturated carbocycles. The van der Waals surface area contributed by atoms with E-state index in [1.807, 2.05) is 12.1 Å². The first-order valence-corrected chi connectivity index (χ1v) is 8.46. The van der Waals surface area contributed by atoms with Crippen molar-refractivity contribution in [1.82, 2.24) is 0 Å². The number of nitrogens with two attached hydrogens (primary N) is 1. The predicted molar refractivity (Wildman–Crippen MR) is 80.6 cm³/mol. The number of hydrogen-bond acceptors (Lipinski definition) is 4. The number of hydrogen-bond donors (Lipinski definition) is 2. The average Bonchev–Trinajstić information content (AvgIpc) is 2.89. The third-order valence-electron chi connectivity index (χ3n) is 3.89. The summed E-state index contributed by atoms with van der Waals surface area (Å²) in [6.07, 6.45) is 4.70. The van der Waals surface area contributed by atoms with Crippen molar-refractivity contribution < 1.29 is 12.8 Å². The number of primary sulfonamides is 1. The molecule has 0 aliphatic heterocycles. The lowest BCUT2D eigenvalue weighted by molar-refractivity contribution is 0.461. The van der Waals surface area contributed by atoms with Crippen LogP contribution in [-0.4, -0.2) is 8.42 Å². The van der Waals surface area contributed by atoms with E-state index in [1.165, 1.54) is 0 Å². The summed E-state index contributed by atoms with van der Waals surface area (Å²) in [5, 5.41) is 8.63. The Balaban J connectivity index is 1.91. The Bertz CT molecular complexity index is 765. The van der Waals surface area contributed by atoms with E-state index in [-0.39, 0.29) is 10.9 Å². The highest BCUT2D eigenvalue weighted by Gasteiger charge is 2.23. The standard InChI is InChI=1S/C15H18N2O3S/c1-10-5-6-11(9-15(10)21(16,18)19)17-13-3-2-4-14-12(13)7-8-20-14/h5-9,13,17H,2-4H2,1H3,(H2,16,18,19). The maximum Gasteiger partial charge on any atom is 0.238 e. The van der Waals surface area contributed by atoms with Gasteiger partial charge in [-0.3, -0.25) is 0 Å². The lowest BCUT2D eigenvalue weighted by Gasteiger charge is -2.24. The van der Waals surface area contributed by atoms with Gasteiger partial charge in [0.1, 0.15) is 5.76 Å². The summed E-state index contributed by atoms with van der Waals surface area (Å²) < 4.78 is 28.6. The molecule has 1 atom stereocenters. The zero-order valence-corrected chi connectivity index (χ0v) is 12.6. The van der Waals surface area contributed by atoms with E-state index in [1.54, 1.807) is 25.3 Å². The van der Waals surface area contributed by atoms with Gasteiger partial charge in [0, 0.05) is 17.7 Å². The number of fused-ring (bicyclic) bond motifs is 1. The first-order valence-electron chi connectivity index (χ1n) is 6.91. The van der Waals surface area contributed by atoms with Crippen LogP contribution in [0.1, 0.15) is 35.8 Å². The Morgan fingerprint density at radius 3 is 2.90 bits per heavy atom. The van der Waals surface area contributed by atoms with Crippen molar-refractivity contribution >= 4 is 15.7 Å². The van der Waals surface area contributed by atoms with Crippen molar-refractivity contribution in [2.24, 2.45) is 5.14 Å². The molecule has 6 heteroatoms. The van der Waals surface area contributed by atoms with E-state index in [2.05, 4.69) is 5.32 Å². The number of anilines is 1. The van der Waals surface area contributed by atoms with Gasteiger partial charge in [-0.25, -0.2) is 13.6 Å². The first-order chi connectivity index (χ1) is 9.95. The summed E-state index contributed by atoms with van der Waals surface area (Å²) in [4.78, 5) is 0.163. The van der Waals surface area contributed by atoms with Gasteiger partial charge >= 0.3 is 0 Å². The molecule has 3 N–H and O–H groups in total. The first kappa shape index (κ1) is 14.2. The fourth-order valence-electron chi connectivity index (χ4n) is 2.83. The van der Waals surface area contributed by atoms with Crippen LogP contribution in [0.3, 0.4) is 0 Å². The normalized spacial score (nSPS) is 18.3. The zero-order valence-electron chi connectivity index (χ0n) is 11.8. The Kier molecular flexibility index (Phi) is 3.51. The molecule has 1 heterocycles. The molecule has 0 amide bonds. The van der Waals surface area contributed by atoms with E-state index < -0.39 is 10.0 Å².